The summed E-state index contributed by atoms with van der Waals surface area (Å²) < 4.78 is 11.0. The molecule has 29 heavy (non-hydrogen) atoms. The van der Waals surface area contributed by atoms with Crippen LogP contribution in [0.3, 0.4) is 0 Å². The lowest BCUT2D eigenvalue weighted by molar-refractivity contribution is 0.0560. The minimum atomic E-state index is -0.208. The number of amides is 1. The number of fused-ring (bicyclic) bond motifs is 1. The van der Waals surface area contributed by atoms with E-state index in [1.807, 2.05) is 41.3 Å². The summed E-state index contributed by atoms with van der Waals surface area (Å²) in [6, 6.07) is 11.5. The molecule has 2 aromatic heterocycles. The van der Waals surface area contributed by atoms with Crippen LogP contribution in [0.2, 0.25) is 0 Å². The Morgan fingerprint density at radius 3 is 2.97 bits per heavy atom. The molecular weight excluding hydrogens is 368 g/mol. The average molecular weight is 390 g/mol. The molecule has 1 aromatic carbocycles. The molecule has 3 aromatic rings. The number of pyridine rings is 1. The standard InChI is InChI=1S/C22H22N4O3/c27-22(17-12-16-9-11-28-14-18(16)23-13-17)26-10-5-4-8-19(26)21-24-20(25-29-21)15-6-2-1-3-7-15/h1-3,6-7,12-13,19H,4-5,8-11,14H2. The fourth-order valence-electron chi connectivity index (χ4n) is 4.03. The molecule has 1 fully saturated rings. The number of ether oxygens (including phenoxy) is 1. The first kappa shape index (κ1) is 18.0. The van der Waals surface area contributed by atoms with Crippen LogP contribution in [0.25, 0.3) is 11.4 Å². The topological polar surface area (TPSA) is 81.4 Å². The number of carbonyl (C=O) groups is 1. The maximum Gasteiger partial charge on any atom is 0.256 e. The van der Waals surface area contributed by atoms with Gasteiger partial charge in [0.1, 0.15) is 6.04 Å². The predicted octanol–water partition coefficient (Wildman–Crippen LogP) is 3.57. The highest BCUT2D eigenvalue weighted by molar-refractivity contribution is 5.94. The van der Waals surface area contributed by atoms with E-state index in [9.17, 15) is 4.79 Å². The van der Waals surface area contributed by atoms with Gasteiger partial charge >= 0.3 is 0 Å². The molecule has 2 aliphatic rings. The summed E-state index contributed by atoms with van der Waals surface area (Å²) in [7, 11) is 0. The number of carbonyl (C=O) groups excluding carboxylic acids is 1. The van der Waals surface area contributed by atoms with Crippen LogP contribution >= 0.6 is 0 Å². The van der Waals surface area contributed by atoms with Crippen molar-refractivity contribution in [3.8, 4) is 11.4 Å². The van der Waals surface area contributed by atoms with E-state index in [2.05, 4.69) is 15.1 Å². The Morgan fingerprint density at radius 2 is 2.07 bits per heavy atom. The summed E-state index contributed by atoms with van der Waals surface area (Å²) in [4.78, 5) is 24.2. The van der Waals surface area contributed by atoms with Gasteiger partial charge < -0.3 is 14.2 Å². The molecule has 7 heteroatoms. The van der Waals surface area contributed by atoms with Crippen LogP contribution in [0.15, 0.2) is 47.1 Å². The molecule has 7 nitrogen and oxygen atoms in total. The van der Waals surface area contributed by atoms with E-state index >= 15 is 0 Å². The second-order valence-corrected chi connectivity index (χ2v) is 7.46. The molecule has 1 unspecified atom stereocenters. The van der Waals surface area contributed by atoms with Crippen molar-refractivity contribution in [2.75, 3.05) is 13.2 Å². The number of piperidine rings is 1. The Labute approximate surface area is 168 Å². The molecule has 0 saturated carbocycles. The smallest absolute Gasteiger partial charge is 0.256 e. The van der Waals surface area contributed by atoms with E-state index in [-0.39, 0.29) is 11.9 Å². The van der Waals surface area contributed by atoms with Crippen LogP contribution in [-0.4, -0.2) is 39.1 Å². The zero-order valence-electron chi connectivity index (χ0n) is 16.1. The lowest BCUT2D eigenvalue weighted by Gasteiger charge is -2.33. The van der Waals surface area contributed by atoms with Gasteiger partial charge in [-0.05, 0) is 37.3 Å². The Bertz CT molecular complexity index is 1020. The van der Waals surface area contributed by atoms with E-state index in [4.69, 9.17) is 9.26 Å². The Morgan fingerprint density at radius 1 is 1.17 bits per heavy atom. The Hall–Kier alpha value is -3.06. The van der Waals surface area contributed by atoms with E-state index in [0.717, 1.165) is 42.5 Å². The van der Waals surface area contributed by atoms with Crippen LogP contribution in [-0.2, 0) is 17.8 Å². The molecule has 0 spiro atoms. The van der Waals surface area contributed by atoms with E-state index < -0.39 is 0 Å². The third-order valence-corrected chi connectivity index (χ3v) is 5.58. The lowest BCUT2D eigenvalue weighted by Crippen LogP contribution is -2.38. The fourth-order valence-corrected chi connectivity index (χ4v) is 4.03. The largest absolute Gasteiger partial charge is 0.375 e. The van der Waals surface area contributed by atoms with Crippen LogP contribution < -0.4 is 0 Å². The normalized spacial score (nSPS) is 19.0. The van der Waals surface area contributed by atoms with Crippen molar-refractivity contribution in [3.05, 3.63) is 65.3 Å². The average Bonchev–Trinajstić information content (AvgIpc) is 3.29. The van der Waals surface area contributed by atoms with Crippen molar-refractivity contribution in [3.63, 3.8) is 0 Å². The number of hydrogen-bond acceptors (Lipinski definition) is 6. The summed E-state index contributed by atoms with van der Waals surface area (Å²) in [6.45, 7) is 1.86. The summed E-state index contributed by atoms with van der Waals surface area (Å²) in [5.41, 5.74) is 3.53. The summed E-state index contributed by atoms with van der Waals surface area (Å²) in [5, 5.41) is 4.14. The molecular formula is C22H22N4O3. The number of likely N-dealkylation sites (tertiary alicyclic amines) is 1. The van der Waals surface area contributed by atoms with Crippen molar-refractivity contribution < 1.29 is 14.1 Å². The van der Waals surface area contributed by atoms with Crippen molar-refractivity contribution in [1.29, 1.82) is 0 Å². The second-order valence-electron chi connectivity index (χ2n) is 7.46. The molecule has 4 heterocycles. The van der Waals surface area contributed by atoms with Gasteiger partial charge in [-0.2, -0.15) is 4.98 Å². The van der Waals surface area contributed by atoms with Crippen LogP contribution in [0.1, 0.15) is 52.8 Å². The van der Waals surface area contributed by atoms with Gasteiger partial charge in [-0.15, -0.1) is 0 Å². The van der Waals surface area contributed by atoms with Gasteiger partial charge in [0.15, 0.2) is 0 Å². The van der Waals surface area contributed by atoms with Gasteiger partial charge in [-0.3, -0.25) is 9.78 Å². The maximum atomic E-state index is 13.3. The van der Waals surface area contributed by atoms with Gasteiger partial charge in [-0.25, -0.2) is 0 Å². The lowest BCUT2D eigenvalue weighted by atomic mass is 10.00. The molecule has 1 amide bonds. The van der Waals surface area contributed by atoms with Gasteiger partial charge in [0.2, 0.25) is 11.7 Å². The van der Waals surface area contributed by atoms with Gasteiger partial charge in [0.25, 0.3) is 5.91 Å². The van der Waals surface area contributed by atoms with E-state index in [0.29, 0.717) is 37.0 Å². The van der Waals surface area contributed by atoms with Crippen molar-refractivity contribution in [1.82, 2.24) is 20.0 Å². The molecule has 2 aliphatic heterocycles. The van der Waals surface area contributed by atoms with Crippen molar-refractivity contribution in [2.45, 2.75) is 38.3 Å². The zero-order chi connectivity index (χ0) is 19.6. The quantitative estimate of drug-likeness (QED) is 0.680. The van der Waals surface area contributed by atoms with Crippen LogP contribution in [0, 0.1) is 0 Å². The molecule has 5 rings (SSSR count). The van der Waals surface area contributed by atoms with E-state index in [1.165, 1.54) is 0 Å². The fraction of sp³-hybridized carbons (Fsp3) is 0.364. The first-order valence-electron chi connectivity index (χ1n) is 10.0. The molecule has 148 valence electrons. The van der Waals surface area contributed by atoms with Crippen LogP contribution in [0.4, 0.5) is 0 Å². The number of hydrogen-bond donors (Lipinski definition) is 0. The SMILES string of the molecule is O=C(c1cnc2c(c1)CCOC2)N1CCCCC1c1nc(-c2ccccc2)no1. The summed E-state index contributed by atoms with van der Waals surface area (Å²) in [6.07, 6.45) is 5.25. The minimum Gasteiger partial charge on any atom is -0.375 e. The highest BCUT2D eigenvalue weighted by Crippen LogP contribution is 2.32. The molecule has 0 aliphatic carbocycles. The summed E-state index contributed by atoms with van der Waals surface area (Å²) in [5.74, 6) is 1.01. The second kappa shape index (κ2) is 7.75. The Balaban J connectivity index is 1.42. The zero-order valence-corrected chi connectivity index (χ0v) is 16.1. The maximum absolute atomic E-state index is 13.3. The van der Waals surface area contributed by atoms with Gasteiger partial charge in [-0.1, -0.05) is 35.5 Å². The third kappa shape index (κ3) is 3.53. The molecule has 1 atom stereocenters. The van der Waals surface area contributed by atoms with E-state index in [1.54, 1.807) is 6.20 Å². The monoisotopic (exact) mass is 390 g/mol. The van der Waals surface area contributed by atoms with Gasteiger partial charge in [0, 0.05) is 18.3 Å². The van der Waals surface area contributed by atoms with Gasteiger partial charge in [0.05, 0.1) is 24.5 Å². The van der Waals surface area contributed by atoms with Crippen LogP contribution in [0.5, 0.6) is 0 Å². The summed E-state index contributed by atoms with van der Waals surface area (Å²) >= 11 is 0. The molecule has 0 radical (unpaired) electrons. The first-order valence-corrected chi connectivity index (χ1v) is 10.0. The number of aromatic nitrogens is 3. The number of nitrogens with zero attached hydrogens (tertiary/aromatic N) is 4. The molecule has 0 N–H and O–H groups in total. The van der Waals surface area contributed by atoms with Crippen molar-refractivity contribution in [2.24, 2.45) is 0 Å². The first-order chi connectivity index (χ1) is 14.3. The van der Waals surface area contributed by atoms with Crippen molar-refractivity contribution >= 4 is 5.91 Å². The number of benzene rings is 1. The number of rotatable bonds is 3. The highest BCUT2D eigenvalue weighted by atomic mass is 16.5. The highest BCUT2D eigenvalue weighted by Gasteiger charge is 2.33. The third-order valence-electron chi connectivity index (χ3n) is 5.58. The molecule has 1 saturated heterocycles. The minimum absolute atomic E-state index is 0.0315. The Kier molecular flexibility index (Phi) is 4.81. The predicted molar refractivity (Wildman–Crippen MR) is 105 cm³/mol. The molecule has 0 bridgehead atoms.